The van der Waals surface area contributed by atoms with Gasteiger partial charge in [0, 0.05) is 11.4 Å². The van der Waals surface area contributed by atoms with E-state index in [2.05, 4.69) is 27.1 Å². The summed E-state index contributed by atoms with van der Waals surface area (Å²) >= 11 is 1.20. The molecule has 2 rings (SSSR count). The van der Waals surface area contributed by atoms with Crippen molar-refractivity contribution in [3.05, 3.63) is 11.1 Å². The Hall–Kier alpha value is -0.720. The molecule has 2 heterocycles. The standard InChI is InChI=1S/C10H16N4OS.ClH/c1-7(8-3-2-4-11-5-8)12-10(15)9-6-16-14-13-9;/h6-8,11H,2-5H2,1H3,(H,12,15);1H. The first kappa shape index (κ1) is 14.3. The molecule has 0 spiro atoms. The lowest BCUT2D eigenvalue weighted by Gasteiger charge is -2.28. The fourth-order valence-corrected chi connectivity index (χ4v) is 2.40. The van der Waals surface area contributed by atoms with Gasteiger partial charge in [0.15, 0.2) is 5.69 Å². The second-order valence-corrected chi connectivity index (χ2v) is 4.77. The summed E-state index contributed by atoms with van der Waals surface area (Å²) in [7, 11) is 0. The number of nitrogens with one attached hydrogen (secondary N) is 2. The maximum Gasteiger partial charge on any atom is 0.272 e. The number of amides is 1. The quantitative estimate of drug-likeness (QED) is 0.867. The normalized spacial score (nSPS) is 21.4. The van der Waals surface area contributed by atoms with E-state index in [9.17, 15) is 4.79 Å². The zero-order chi connectivity index (χ0) is 11.4. The van der Waals surface area contributed by atoms with Crippen LogP contribution in [-0.4, -0.2) is 34.6 Å². The van der Waals surface area contributed by atoms with Crippen molar-refractivity contribution < 1.29 is 4.79 Å². The Balaban J connectivity index is 0.00000144. The van der Waals surface area contributed by atoms with Crippen molar-refractivity contribution in [2.24, 2.45) is 5.92 Å². The first-order chi connectivity index (χ1) is 7.77. The van der Waals surface area contributed by atoms with Gasteiger partial charge in [0.05, 0.1) is 0 Å². The topological polar surface area (TPSA) is 66.9 Å². The van der Waals surface area contributed by atoms with Crippen molar-refractivity contribution in [2.75, 3.05) is 13.1 Å². The Kier molecular flexibility index (Phi) is 5.80. The number of halogens is 1. The summed E-state index contributed by atoms with van der Waals surface area (Å²) in [5.74, 6) is 0.399. The van der Waals surface area contributed by atoms with Crippen LogP contribution in [0.3, 0.4) is 0 Å². The van der Waals surface area contributed by atoms with Crippen LogP contribution in [0.5, 0.6) is 0 Å². The monoisotopic (exact) mass is 276 g/mol. The Labute approximate surface area is 111 Å². The van der Waals surface area contributed by atoms with Crippen molar-refractivity contribution in [3.63, 3.8) is 0 Å². The van der Waals surface area contributed by atoms with E-state index < -0.39 is 0 Å². The number of hydrogen-bond acceptors (Lipinski definition) is 5. The molecule has 2 atom stereocenters. The van der Waals surface area contributed by atoms with E-state index >= 15 is 0 Å². The van der Waals surface area contributed by atoms with Crippen molar-refractivity contribution in [3.8, 4) is 0 Å². The van der Waals surface area contributed by atoms with Crippen LogP contribution in [0.2, 0.25) is 0 Å². The van der Waals surface area contributed by atoms with E-state index in [1.54, 1.807) is 5.38 Å². The minimum absolute atomic E-state index is 0. The lowest BCUT2D eigenvalue weighted by molar-refractivity contribution is 0.0917. The first-order valence-electron chi connectivity index (χ1n) is 5.56. The van der Waals surface area contributed by atoms with E-state index in [0.717, 1.165) is 13.1 Å². The molecular weight excluding hydrogens is 260 g/mol. The number of hydrogen-bond donors (Lipinski definition) is 2. The summed E-state index contributed by atoms with van der Waals surface area (Å²) in [6.07, 6.45) is 2.35. The van der Waals surface area contributed by atoms with Gasteiger partial charge in [-0.15, -0.1) is 17.5 Å². The second-order valence-electron chi connectivity index (χ2n) is 4.16. The van der Waals surface area contributed by atoms with E-state index in [4.69, 9.17) is 0 Å². The average Bonchev–Trinajstić information content (AvgIpc) is 2.83. The summed E-state index contributed by atoms with van der Waals surface area (Å²) in [5, 5.41) is 11.7. The third kappa shape index (κ3) is 3.90. The SMILES string of the molecule is CC(NC(=O)c1csnn1)C1CCCNC1.Cl. The van der Waals surface area contributed by atoms with Gasteiger partial charge < -0.3 is 10.6 Å². The van der Waals surface area contributed by atoms with Crippen LogP contribution in [0.4, 0.5) is 0 Å². The molecule has 0 aliphatic carbocycles. The average molecular weight is 277 g/mol. The maximum atomic E-state index is 11.7. The molecule has 96 valence electrons. The Bertz CT molecular complexity index is 340. The molecule has 0 saturated carbocycles. The van der Waals surface area contributed by atoms with Crippen LogP contribution >= 0.6 is 23.9 Å². The van der Waals surface area contributed by atoms with E-state index in [-0.39, 0.29) is 24.4 Å². The minimum atomic E-state index is -0.119. The molecule has 2 N–H and O–H groups in total. The van der Waals surface area contributed by atoms with Gasteiger partial charge in [-0.1, -0.05) is 4.49 Å². The molecule has 1 aromatic rings. The van der Waals surface area contributed by atoms with Gasteiger partial charge in [0.1, 0.15) is 0 Å². The Morgan fingerprint density at radius 1 is 1.71 bits per heavy atom. The second kappa shape index (κ2) is 6.88. The number of nitrogens with zero attached hydrogens (tertiary/aromatic N) is 2. The molecule has 1 saturated heterocycles. The molecule has 7 heteroatoms. The minimum Gasteiger partial charge on any atom is -0.348 e. The van der Waals surface area contributed by atoms with Crippen molar-refractivity contribution in [1.29, 1.82) is 0 Å². The van der Waals surface area contributed by atoms with Gasteiger partial charge in [-0.05, 0) is 50.3 Å². The van der Waals surface area contributed by atoms with E-state index in [1.165, 1.54) is 24.4 Å². The van der Waals surface area contributed by atoms with Crippen molar-refractivity contribution >= 4 is 29.8 Å². The molecule has 1 aliphatic heterocycles. The molecule has 5 nitrogen and oxygen atoms in total. The number of piperidine rings is 1. The molecule has 1 fully saturated rings. The van der Waals surface area contributed by atoms with Crippen LogP contribution in [0, 0.1) is 5.92 Å². The van der Waals surface area contributed by atoms with Crippen LogP contribution in [0.15, 0.2) is 5.38 Å². The summed E-state index contributed by atoms with van der Waals surface area (Å²) in [4.78, 5) is 11.7. The van der Waals surface area contributed by atoms with E-state index in [0.29, 0.717) is 11.6 Å². The van der Waals surface area contributed by atoms with E-state index in [1.807, 2.05) is 0 Å². The predicted octanol–water partition coefficient (Wildman–Crippen LogP) is 1.08. The molecular formula is C10H17ClN4OS. The van der Waals surface area contributed by atoms with Crippen molar-refractivity contribution in [2.45, 2.75) is 25.8 Å². The molecule has 1 amide bonds. The highest BCUT2D eigenvalue weighted by Gasteiger charge is 2.22. The molecule has 0 bridgehead atoms. The number of rotatable bonds is 3. The fraction of sp³-hybridized carbons (Fsp3) is 0.700. The highest BCUT2D eigenvalue weighted by Crippen LogP contribution is 2.14. The summed E-state index contributed by atoms with van der Waals surface area (Å²) in [6, 6.07) is 0.182. The number of aromatic nitrogens is 2. The van der Waals surface area contributed by atoms with Crippen molar-refractivity contribution in [1.82, 2.24) is 20.2 Å². The van der Waals surface area contributed by atoms with Gasteiger partial charge in [-0.3, -0.25) is 4.79 Å². The van der Waals surface area contributed by atoms with Crippen LogP contribution in [0.1, 0.15) is 30.3 Å². The molecule has 1 aromatic heterocycles. The lowest BCUT2D eigenvalue weighted by atomic mass is 9.93. The van der Waals surface area contributed by atoms with Crippen LogP contribution in [0.25, 0.3) is 0 Å². The summed E-state index contributed by atoms with van der Waals surface area (Å²) in [6.45, 7) is 4.12. The molecule has 1 aliphatic rings. The fourth-order valence-electron chi connectivity index (χ4n) is 1.97. The summed E-state index contributed by atoms with van der Waals surface area (Å²) < 4.78 is 3.68. The van der Waals surface area contributed by atoms with Gasteiger partial charge in [0.2, 0.25) is 0 Å². The highest BCUT2D eigenvalue weighted by molar-refractivity contribution is 7.03. The van der Waals surface area contributed by atoms with Gasteiger partial charge in [-0.25, -0.2) is 0 Å². The Morgan fingerprint density at radius 2 is 2.53 bits per heavy atom. The molecule has 2 unspecified atom stereocenters. The number of carbonyl (C=O) groups is 1. The van der Waals surface area contributed by atoms with Crippen LogP contribution in [-0.2, 0) is 0 Å². The highest BCUT2D eigenvalue weighted by atomic mass is 35.5. The van der Waals surface area contributed by atoms with Gasteiger partial charge in [0.25, 0.3) is 5.91 Å². The lowest BCUT2D eigenvalue weighted by Crippen LogP contribution is -2.44. The molecule has 17 heavy (non-hydrogen) atoms. The third-order valence-electron chi connectivity index (χ3n) is 2.99. The predicted molar refractivity (Wildman–Crippen MR) is 69.7 cm³/mol. The maximum absolute atomic E-state index is 11.7. The first-order valence-corrected chi connectivity index (χ1v) is 6.39. The summed E-state index contributed by atoms with van der Waals surface area (Å²) in [5.41, 5.74) is 0.417. The zero-order valence-electron chi connectivity index (χ0n) is 9.68. The number of carbonyl (C=O) groups excluding carboxylic acids is 1. The van der Waals surface area contributed by atoms with Gasteiger partial charge >= 0.3 is 0 Å². The molecule has 0 radical (unpaired) electrons. The smallest absolute Gasteiger partial charge is 0.272 e. The Morgan fingerprint density at radius 3 is 3.12 bits per heavy atom. The zero-order valence-corrected chi connectivity index (χ0v) is 11.3. The third-order valence-corrected chi connectivity index (χ3v) is 3.50. The largest absolute Gasteiger partial charge is 0.348 e. The molecule has 0 aromatic carbocycles. The van der Waals surface area contributed by atoms with Crippen LogP contribution < -0.4 is 10.6 Å². The van der Waals surface area contributed by atoms with Gasteiger partial charge in [-0.2, -0.15) is 0 Å².